The fourth-order valence-electron chi connectivity index (χ4n) is 7.80. The summed E-state index contributed by atoms with van der Waals surface area (Å²) in [5.74, 6) is -1.41. The van der Waals surface area contributed by atoms with Crippen LogP contribution in [0, 0.1) is 11.8 Å². The second-order valence-electron chi connectivity index (χ2n) is 14.0. The van der Waals surface area contributed by atoms with Crippen LogP contribution in [0.2, 0.25) is 0 Å². The molecule has 0 spiro atoms. The summed E-state index contributed by atoms with van der Waals surface area (Å²) < 4.78 is 18.0. The molecule has 54 heavy (non-hydrogen) atoms. The Morgan fingerprint density at radius 1 is 0.648 bits per heavy atom. The number of fused-ring (bicyclic) bond motifs is 2. The van der Waals surface area contributed by atoms with Crippen molar-refractivity contribution in [2.75, 3.05) is 20.8 Å². The lowest BCUT2D eigenvalue weighted by Gasteiger charge is -2.32. The predicted octanol–water partition coefficient (Wildman–Crippen LogP) is 8.55. The van der Waals surface area contributed by atoms with Crippen molar-refractivity contribution in [2.24, 2.45) is 11.8 Å². The Hall–Kier alpha value is -5.00. The summed E-state index contributed by atoms with van der Waals surface area (Å²) in [4.78, 5) is 51.1. The summed E-state index contributed by atoms with van der Waals surface area (Å²) in [6.07, 6.45) is 4.19. The number of carbonyl (C=O) groups excluding carboxylic acids is 4. The molecule has 2 aliphatic heterocycles. The molecule has 4 heterocycles. The first-order chi connectivity index (χ1) is 26.1. The lowest BCUT2D eigenvalue weighted by Crippen LogP contribution is -2.35. The van der Waals surface area contributed by atoms with Gasteiger partial charge in [-0.25, -0.2) is 14.4 Å². The number of dihydropyridines is 2. The van der Waals surface area contributed by atoms with Gasteiger partial charge in [-0.15, -0.1) is 22.7 Å². The van der Waals surface area contributed by atoms with E-state index >= 15 is 0 Å². The summed E-state index contributed by atoms with van der Waals surface area (Å²) >= 11 is 3.25. The van der Waals surface area contributed by atoms with Gasteiger partial charge in [-0.05, 0) is 110 Å². The van der Waals surface area contributed by atoms with Gasteiger partial charge in [0.2, 0.25) is 0 Å². The van der Waals surface area contributed by atoms with E-state index in [1.807, 2.05) is 49.6 Å². The van der Waals surface area contributed by atoms with Crippen LogP contribution in [-0.4, -0.2) is 44.5 Å². The van der Waals surface area contributed by atoms with Crippen LogP contribution in [0.5, 0.6) is 0 Å². The first-order valence-corrected chi connectivity index (χ1v) is 20.1. The fourth-order valence-corrected chi connectivity index (χ4v) is 9.78. The van der Waals surface area contributed by atoms with E-state index in [1.165, 1.54) is 14.2 Å². The number of ether oxygens (including phenoxy) is 3. The molecule has 0 radical (unpaired) electrons. The van der Waals surface area contributed by atoms with Crippen LogP contribution in [0.3, 0.4) is 0 Å². The number of ketones is 1. The molecule has 8 rings (SSSR count). The Morgan fingerprint density at radius 3 is 1.52 bits per heavy atom. The van der Waals surface area contributed by atoms with E-state index in [1.54, 1.807) is 36.5 Å². The van der Waals surface area contributed by atoms with Crippen LogP contribution in [0.4, 0.5) is 0 Å². The SMILES string of the molecule is CCOC(=O)C1=C(C)NC(C)=C(C(C)=O)C1c1csc2ccccc12.COC(=O)C1=C(C2CC2)NC(C2CC2)=C(C(=O)OC)C1c1csc2ccccc12. The first-order valence-electron chi connectivity index (χ1n) is 18.3. The van der Waals surface area contributed by atoms with E-state index in [4.69, 9.17) is 14.2 Å². The van der Waals surface area contributed by atoms with E-state index in [0.29, 0.717) is 40.7 Å². The zero-order chi connectivity index (χ0) is 38.3. The third-order valence-corrected chi connectivity index (χ3v) is 12.5. The second-order valence-corrected chi connectivity index (χ2v) is 15.9. The van der Waals surface area contributed by atoms with E-state index < -0.39 is 11.8 Å². The van der Waals surface area contributed by atoms with Crippen molar-refractivity contribution in [3.05, 3.63) is 115 Å². The second kappa shape index (κ2) is 15.4. The van der Waals surface area contributed by atoms with Crippen molar-refractivity contribution in [3.63, 3.8) is 0 Å². The third-order valence-electron chi connectivity index (χ3n) is 10.5. The molecule has 4 aliphatic rings. The van der Waals surface area contributed by atoms with Crippen molar-refractivity contribution in [1.29, 1.82) is 0 Å². The van der Waals surface area contributed by atoms with Crippen LogP contribution < -0.4 is 10.6 Å². The summed E-state index contributed by atoms with van der Waals surface area (Å²) in [5.41, 5.74) is 7.61. The van der Waals surface area contributed by atoms with Crippen LogP contribution in [-0.2, 0) is 33.4 Å². The molecule has 0 saturated heterocycles. The monoisotopic (exact) mass is 764 g/mol. The highest BCUT2D eigenvalue weighted by Crippen LogP contribution is 2.52. The van der Waals surface area contributed by atoms with Gasteiger partial charge in [-0.2, -0.15) is 0 Å². The van der Waals surface area contributed by atoms with Crippen molar-refractivity contribution in [3.8, 4) is 0 Å². The van der Waals surface area contributed by atoms with Crippen molar-refractivity contribution in [2.45, 2.75) is 65.2 Å². The van der Waals surface area contributed by atoms with Gasteiger partial charge in [0.25, 0.3) is 0 Å². The molecule has 0 amide bonds. The normalized spacial score (nSPS) is 19.0. The average Bonchev–Trinajstić information content (AvgIpc) is 4.11. The maximum absolute atomic E-state index is 13.0. The number of hydrogen-bond donors (Lipinski definition) is 2. The molecule has 1 unspecified atom stereocenters. The van der Waals surface area contributed by atoms with E-state index in [0.717, 1.165) is 79.8 Å². The number of thiophene rings is 2. The molecule has 280 valence electrons. The van der Waals surface area contributed by atoms with E-state index in [-0.39, 0.29) is 23.7 Å². The van der Waals surface area contributed by atoms with Gasteiger partial charge >= 0.3 is 17.9 Å². The van der Waals surface area contributed by atoms with Crippen LogP contribution in [0.25, 0.3) is 20.2 Å². The molecule has 2 aromatic heterocycles. The molecule has 2 N–H and O–H groups in total. The lowest BCUT2D eigenvalue weighted by molar-refractivity contribution is -0.139. The summed E-state index contributed by atoms with van der Waals surface area (Å²) in [6.45, 7) is 7.36. The Bertz CT molecular complexity index is 2270. The zero-order valence-corrected chi connectivity index (χ0v) is 32.9. The van der Waals surface area contributed by atoms with Crippen LogP contribution in [0.15, 0.2) is 104 Å². The third kappa shape index (κ3) is 6.91. The van der Waals surface area contributed by atoms with Gasteiger partial charge in [0.15, 0.2) is 5.78 Å². The number of methoxy groups -OCH3 is 2. The van der Waals surface area contributed by atoms with Crippen molar-refractivity contribution >= 4 is 66.5 Å². The smallest absolute Gasteiger partial charge is 0.336 e. The number of rotatable bonds is 9. The maximum atomic E-state index is 13.0. The molecule has 11 heteroatoms. The molecule has 1 atom stereocenters. The molecule has 4 aromatic rings. The first kappa shape index (κ1) is 37.3. The number of hydrogen-bond acceptors (Lipinski definition) is 11. The molecule has 2 aromatic carbocycles. The summed E-state index contributed by atoms with van der Waals surface area (Å²) in [5, 5.41) is 12.9. The Balaban J connectivity index is 0.000000169. The van der Waals surface area contributed by atoms with Crippen molar-refractivity contribution in [1.82, 2.24) is 10.6 Å². The Morgan fingerprint density at radius 2 is 1.09 bits per heavy atom. The number of allylic oxidation sites excluding steroid dienone is 5. The lowest BCUT2D eigenvalue weighted by atomic mass is 9.78. The van der Waals surface area contributed by atoms with Gasteiger partial charge in [-0.1, -0.05) is 36.4 Å². The Kier molecular flexibility index (Phi) is 10.6. The molecular formula is C43H44N2O7S2. The Labute approximate surface area is 322 Å². The van der Waals surface area contributed by atoms with Gasteiger partial charge in [0.05, 0.1) is 43.5 Å². The average molecular weight is 765 g/mol. The summed E-state index contributed by atoms with van der Waals surface area (Å²) in [6, 6.07) is 16.2. The minimum absolute atomic E-state index is 0.0421. The highest BCUT2D eigenvalue weighted by atomic mass is 32.1. The molecular weight excluding hydrogens is 721 g/mol. The molecule has 9 nitrogen and oxygen atoms in total. The van der Waals surface area contributed by atoms with Crippen LogP contribution >= 0.6 is 22.7 Å². The minimum Gasteiger partial charge on any atom is -0.466 e. The number of Topliss-reactive ketones (excluding diaryl/α,β-unsaturated/α-hetero) is 1. The van der Waals surface area contributed by atoms with E-state index in [2.05, 4.69) is 34.2 Å². The molecule has 2 fully saturated rings. The quantitative estimate of drug-likeness (QED) is 0.128. The van der Waals surface area contributed by atoms with Gasteiger partial charge in [0.1, 0.15) is 0 Å². The largest absolute Gasteiger partial charge is 0.466 e. The number of benzene rings is 2. The number of carbonyl (C=O) groups is 4. The predicted molar refractivity (Wildman–Crippen MR) is 212 cm³/mol. The van der Waals surface area contributed by atoms with Gasteiger partial charge in [-0.3, -0.25) is 4.79 Å². The number of nitrogens with one attached hydrogen (secondary N) is 2. The highest BCUT2D eigenvalue weighted by molar-refractivity contribution is 7.17. The zero-order valence-electron chi connectivity index (χ0n) is 31.3. The van der Waals surface area contributed by atoms with Gasteiger partial charge in [0, 0.05) is 43.7 Å². The van der Waals surface area contributed by atoms with E-state index in [9.17, 15) is 19.2 Å². The maximum Gasteiger partial charge on any atom is 0.336 e. The minimum atomic E-state index is -0.474. The van der Waals surface area contributed by atoms with Crippen molar-refractivity contribution < 1.29 is 33.4 Å². The topological polar surface area (TPSA) is 120 Å². The molecule has 2 saturated carbocycles. The van der Waals surface area contributed by atoms with Gasteiger partial charge < -0.3 is 24.8 Å². The highest BCUT2D eigenvalue weighted by Gasteiger charge is 2.47. The number of esters is 3. The summed E-state index contributed by atoms with van der Waals surface area (Å²) in [7, 11) is 2.81. The molecule has 0 bridgehead atoms. The molecule has 2 aliphatic carbocycles. The fraction of sp³-hybridized carbons (Fsp3) is 0.349. The van der Waals surface area contributed by atoms with Crippen LogP contribution in [0.1, 0.15) is 76.3 Å². The standard InChI is InChI=1S/C23H23NO4S.C20H21NO3S/c1-27-22(25)18-17(15-11-29-16-6-4-3-5-14(15)16)19(23(26)28-2)21(13-9-10-13)24-20(18)12-7-8-12;1-5-24-20(23)18-12(3)21-11(2)17(13(4)22)19(18)15-10-25-16-9-7-6-8-14(15)16/h3-6,11-13,17,24H,7-10H2,1-2H3;6-10,19,21H,5H2,1-4H3.